The summed E-state index contributed by atoms with van der Waals surface area (Å²) in [5.74, 6) is 0. The van der Waals surface area contributed by atoms with Crippen LogP contribution in [0.3, 0.4) is 0 Å². The zero-order valence-electron chi connectivity index (χ0n) is 16.7. The molecule has 0 spiro atoms. The molecule has 3 rings (SSSR count). The van der Waals surface area contributed by atoms with E-state index < -0.39 is 17.5 Å². The number of hydrogen-bond donors (Lipinski definition) is 0. The van der Waals surface area contributed by atoms with E-state index in [0.717, 1.165) is 33.4 Å². The van der Waals surface area contributed by atoms with Gasteiger partial charge >= 0.3 is 6.18 Å². The molecule has 0 aliphatic rings. The Balaban J connectivity index is 1.98. The van der Waals surface area contributed by atoms with Crippen LogP contribution in [0.25, 0.3) is 11.1 Å². The molecule has 0 saturated heterocycles. The number of benzene rings is 2. The first-order chi connectivity index (χ1) is 14.2. The van der Waals surface area contributed by atoms with E-state index in [4.69, 9.17) is 0 Å². The summed E-state index contributed by atoms with van der Waals surface area (Å²) in [6, 6.07) is 17.0. The van der Waals surface area contributed by atoms with Gasteiger partial charge in [-0.05, 0) is 41.7 Å². The Hall–Kier alpha value is -2.59. The topological polar surface area (TPSA) is 41.6 Å². The number of aryl methyl sites for hydroxylation is 1. The van der Waals surface area contributed by atoms with Crippen molar-refractivity contribution >= 4 is 15.9 Å². The van der Waals surface area contributed by atoms with Crippen molar-refractivity contribution in [3.05, 3.63) is 76.6 Å². The van der Waals surface area contributed by atoms with Crippen molar-refractivity contribution in [1.82, 2.24) is 9.78 Å². The summed E-state index contributed by atoms with van der Waals surface area (Å²) >= 11 is 3.60. The van der Waals surface area contributed by atoms with Crippen LogP contribution >= 0.6 is 15.9 Å². The molecule has 7 heteroatoms. The van der Waals surface area contributed by atoms with E-state index in [1.807, 2.05) is 56.3 Å². The molecule has 0 aliphatic heterocycles. The first-order valence-electron chi connectivity index (χ1n) is 9.61. The van der Waals surface area contributed by atoms with Gasteiger partial charge in [0.2, 0.25) is 0 Å². The Morgan fingerprint density at radius 1 is 1.13 bits per heavy atom. The van der Waals surface area contributed by atoms with Crippen LogP contribution in [-0.4, -0.2) is 16.0 Å². The lowest BCUT2D eigenvalue weighted by Gasteiger charge is -2.16. The maximum Gasteiger partial charge on any atom is 0.408 e. The third-order valence-corrected chi connectivity index (χ3v) is 5.92. The average molecular weight is 476 g/mol. The first kappa shape index (κ1) is 22.1. The van der Waals surface area contributed by atoms with Crippen molar-refractivity contribution in [3.8, 4) is 17.2 Å². The van der Waals surface area contributed by atoms with Gasteiger partial charge in [0.1, 0.15) is 6.54 Å². The first-order valence-corrected chi connectivity index (χ1v) is 10.5. The molecule has 0 bridgehead atoms. The third-order valence-electron chi connectivity index (χ3n) is 4.95. The van der Waals surface area contributed by atoms with Crippen LogP contribution < -0.4 is 0 Å². The molecule has 1 unspecified atom stereocenters. The maximum atomic E-state index is 13.1. The highest BCUT2D eigenvalue weighted by Gasteiger charge is 2.32. The van der Waals surface area contributed by atoms with Gasteiger partial charge in [-0.3, -0.25) is 4.68 Å². The Morgan fingerprint density at radius 3 is 2.40 bits per heavy atom. The van der Waals surface area contributed by atoms with Crippen LogP contribution in [0.2, 0.25) is 0 Å². The van der Waals surface area contributed by atoms with Crippen molar-refractivity contribution < 1.29 is 13.2 Å². The standard InChI is InChI=1S/C23H21BrF3N3/c1-3-6-20-15(2)22(30(29-20)14-23(25,26)27)21(24)17-11-9-16(10-12-17)19-8-5-4-7-18(19)13-28/h4-5,7-12,21H,3,6,14H2,1-2H3. The van der Waals surface area contributed by atoms with Gasteiger partial charge in [0, 0.05) is 0 Å². The van der Waals surface area contributed by atoms with E-state index in [-0.39, 0.29) is 0 Å². The van der Waals surface area contributed by atoms with Crippen LogP contribution in [0, 0.1) is 18.3 Å². The molecular formula is C23H21BrF3N3. The monoisotopic (exact) mass is 475 g/mol. The molecule has 3 nitrogen and oxygen atoms in total. The molecule has 0 aliphatic carbocycles. The minimum absolute atomic E-state index is 0.432. The fourth-order valence-corrected chi connectivity index (χ4v) is 4.41. The van der Waals surface area contributed by atoms with Gasteiger partial charge < -0.3 is 0 Å². The van der Waals surface area contributed by atoms with Gasteiger partial charge in [0.25, 0.3) is 0 Å². The Morgan fingerprint density at radius 2 is 1.80 bits per heavy atom. The molecule has 0 saturated carbocycles. The molecule has 0 radical (unpaired) electrons. The molecule has 2 aromatic carbocycles. The summed E-state index contributed by atoms with van der Waals surface area (Å²) in [4.78, 5) is -0.432. The van der Waals surface area contributed by atoms with E-state index in [1.54, 1.807) is 6.07 Å². The number of aromatic nitrogens is 2. The van der Waals surface area contributed by atoms with E-state index in [9.17, 15) is 18.4 Å². The summed E-state index contributed by atoms with van der Waals surface area (Å²) in [5.41, 5.74) is 5.08. The van der Waals surface area contributed by atoms with E-state index in [0.29, 0.717) is 23.4 Å². The minimum Gasteiger partial charge on any atom is -0.258 e. The fraction of sp³-hybridized carbons (Fsp3) is 0.304. The van der Waals surface area contributed by atoms with Crippen LogP contribution in [0.5, 0.6) is 0 Å². The van der Waals surface area contributed by atoms with Crippen LogP contribution in [-0.2, 0) is 13.0 Å². The third kappa shape index (κ3) is 4.76. The summed E-state index contributed by atoms with van der Waals surface area (Å²) in [5, 5.41) is 13.6. The van der Waals surface area contributed by atoms with Gasteiger partial charge in [-0.2, -0.15) is 23.5 Å². The van der Waals surface area contributed by atoms with E-state index >= 15 is 0 Å². The van der Waals surface area contributed by atoms with Gasteiger partial charge in [0.15, 0.2) is 0 Å². The highest BCUT2D eigenvalue weighted by Crippen LogP contribution is 2.36. The largest absolute Gasteiger partial charge is 0.408 e. The van der Waals surface area contributed by atoms with Gasteiger partial charge in [0.05, 0.1) is 27.8 Å². The van der Waals surface area contributed by atoms with Crippen LogP contribution in [0.1, 0.15) is 46.2 Å². The van der Waals surface area contributed by atoms with Gasteiger partial charge in [-0.15, -0.1) is 0 Å². The Labute approximate surface area is 182 Å². The molecule has 3 aromatic rings. The van der Waals surface area contributed by atoms with E-state index in [2.05, 4.69) is 27.1 Å². The molecule has 0 amide bonds. The van der Waals surface area contributed by atoms with Crippen LogP contribution in [0.15, 0.2) is 48.5 Å². The summed E-state index contributed by atoms with van der Waals surface area (Å²) in [6.07, 6.45) is -2.91. The van der Waals surface area contributed by atoms with Crippen molar-refractivity contribution in [2.45, 2.75) is 44.2 Å². The second-order valence-electron chi connectivity index (χ2n) is 7.12. The SMILES string of the molecule is CCCc1nn(CC(F)(F)F)c(C(Br)c2ccc(-c3ccccc3C#N)cc2)c1C. The van der Waals surface area contributed by atoms with E-state index in [1.165, 1.54) is 0 Å². The Bertz CT molecular complexity index is 1060. The number of rotatable bonds is 6. The maximum absolute atomic E-state index is 13.1. The molecule has 30 heavy (non-hydrogen) atoms. The summed E-state index contributed by atoms with van der Waals surface area (Å²) in [7, 11) is 0. The molecular weight excluding hydrogens is 455 g/mol. The quantitative estimate of drug-likeness (QED) is 0.370. The zero-order valence-corrected chi connectivity index (χ0v) is 18.3. The highest BCUT2D eigenvalue weighted by molar-refractivity contribution is 9.09. The molecule has 0 fully saturated rings. The number of alkyl halides is 4. The average Bonchev–Trinajstić information content (AvgIpc) is 3.01. The molecule has 156 valence electrons. The van der Waals surface area contributed by atoms with Gasteiger partial charge in [-0.25, -0.2) is 0 Å². The lowest BCUT2D eigenvalue weighted by molar-refractivity contribution is -0.143. The Kier molecular flexibility index (Phi) is 6.67. The van der Waals surface area contributed by atoms with Crippen molar-refractivity contribution in [3.63, 3.8) is 0 Å². The molecule has 1 atom stereocenters. The van der Waals surface area contributed by atoms with Crippen LogP contribution in [0.4, 0.5) is 13.2 Å². The predicted molar refractivity (Wildman–Crippen MR) is 114 cm³/mol. The summed E-state index contributed by atoms with van der Waals surface area (Å²) < 4.78 is 40.4. The normalized spacial score (nSPS) is 12.6. The second-order valence-corrected chi connectivity index (χ2v) is 8.04. The van der Waals surface area contributed by atoms with Crippen molar-refractivity contribution in [1.29, 1.82) is 5.26 Å². The fourth-order valence-electron chi connectivity index (χ4n) is 3.52. The van der Waals surface area contributed by atoms with Gasteiger partial charge in [-0.1, -0.05) is 71.7 Å². The number of nitrogens with zero attached hydrogens (tertiary/aromatic N) is 3. The number of halogens is 4. The zero-order chi connectivity index (χ0) is 21.9. The number of nitriles is 1. The van der Waals surface area contributed by atoms with Crippen molar-refractivity contribution in [2.24, 2.45) is 0 Å². The molecule has 1 heterocycles. The second kappa shape index (κ2) is 9.05. The summed E-state index contributed by atoms with van der Waals surface area (Å²) in [6.45, 7) is 2.68. The molecule has 0 N–H and O–H groups in total. The predicted octanol–water partition coefficient (Wildman–Crippen LogP) is 6.73. The lowest BCUT2D eigenvalue weighted by atomic mass is 9.97. The highest BCUT2D eigenvalue weighted by atomic mass is 79.9. The molecule has 1 aromatic heterocycles. The number of hydrogen-bond acceptors (Lipinski definition) is 2. The lowest BCUT2D eigenvalue weighted by Crippen LogP contribution is -2.21. The minimum atomic E-state index is -4.35. The smallest absolute Gasteiger partial charge is 0.258 e. The van der Waals surface area contributed by atoms with Crippen molar-refractivity contribution in [2.75, 3.05) is 0 Å².